The van der Waals surface area contributed by atoms with Gasteiger partial charge in [0.25, 0.3) is 0 Å². The standard InChI is InChI=1S/C14H16O6/c1-6(2)12(15)18-5-19-13(16)10-7-3-8-9(4-7)20-14(17)11(8)10/h7-11H,1,3-5H2,2H3. The van der Waals surface area contributed by atoms with Crippen LogP contribution in [-0.4, -0.2) is 30.8 Å². The van der Waals surface area contributed by atoms with Gasteiger partial charge in [0.1, 0.15) is 6.10 Å². The molecule has 6 nitrogen and oxygen atoms in total. The summed E-state index contributed by atoms with van der Waals surface area (Å²) in [7, 11) is 0. The van der Waals surface area contributed by atoms with Crippen molar-refractivity contribution in [3.05, 3.63) is 12.2 Å². The van der Waals surface area contributed by atoms with Gasteiger partial charge >= 0.3 is 17.9 Å². The molecule has 3 aliphatic rings. The Morgan fingerprint density at radius 3 is 2.80 bits per heavy atom. The maximum absolute atomic E-state index is 12.1. The second kappa shape index (κ2) is 4.61. The Bertz CT molecular complexity index is 494. The molecule has 1 saturated heterocycles. The van der Waals surface area contributed by atoms with E-state index < -0.39 is 24.6 Å². The fourth-order valence-electron chi connectivity index (χ4n) is 3.69. The van der Waals surface area contributed by atoms with E-state index in [1.165, 1.54) is 6.92 Å². The number of carbonyl (C=O) groups excluding carboxylic acids is 3. The molecule has 6 heteroatoms. The van der Waals surface area contributed by atoms with Crippen LogP contribution >= 0.6 is 0 Å². The molecule has 0 N–H and O–H groups in total. The number of hydrogen-bond donors (Lipinski definition) is 0. The molecule has 0 aromatic rings. The largest absolute Gasteiger partial charge is 0.462 e. The van der Waals surface area contributed by atoms with Crippen LogP contribution in [0.2, 0.25) is 0 Å². The second-order valence-electron chi connectivity index (χ2n) is 5.72. The van der Waals surface area contributed by atoms with E-state index in [-0.39, 0.29) is 35.4 Å². The molecule has 0 spiro atoms. The Kier molecular flexibility index (Phi) is 3.03. The molecule has 5 atom stereocenters. The monoisotopic (exact) mass is 280 g/mol. The summed E-state index contributed by atoms with van der Waals surface area (Å²) >= 11 is 0. The van der Waals surface area contributed by atoms with Crippen LogP contribution in [0.3, 0.4) is 0 Å². The first-order valence-corrected chi connectivity index (χ1v) is 6.69. The van der Waals surface area contributed by atoms with Crippen LogP contribution in [0.15, 0.2) is 12.2 Å². The zero-order valence-corrected chi connectivity index (χ0v) is 11.2. The van der Waals surface area contributed by atoms with Crippen LogP contribution in [-0.2, 0) is 28.6 Å². The van der Waals surface area contributed by atoms with E-state index in [0.29, 0.717) is 0 Å². The van der Waals surface area contributed by atoms with Gasteiger partial charge in [-0.2, -0.15) is 0 Å². The quantitative estimate of drug-likeness (QED) is 0.430. The molecule has 0 aromatic carbocycles. The summed E-state index contributed by atoms with van der Waals surface area (Å²) in [5, 5.41) is 0. The number of rotatable bonds is 4. The van der Waals surface area contributed by atoms with Crippen LogP contribution in [0.5, 0.6) is 0 Å². The maximum atomic E-state index is 12.1. The van der Waals surface area contributed by atoms with Crippen molar-refractivity contribution in [2.45, 2.75) is 25.9 Å². The molecule has 3 rings (SSSR count). The highest BCUT2D eigenvalue weighted by atomic mass is 16.7. The topological polar surface area (TPSA) is 78.9 Å². The molecule has 0 radical (unpaired) electrons. The Balaban J connectivity index is 1.57. The number of hydrogen-bond acceptors (Lipinski definition) is 6. The first-order chi connectivity index (χ1) is 9.49. The third-order valence-electron chi connectivity index (χ3n) is 4.50. The number of ether oxygens (including phenoxy) is 3. The molecule has 108 valence electrons. The van der Waals surface area contributed by atoms with Crippen molar-refractivity contribution in [1.29, 1.82) is 0 Å². The van der Waals surface area contributed by atoms with Gasteiger partial charge < -0.3 is 14.2 Å². The maximum Gasteiger partial charge on any atom is 0.335 e. The van der Waals surface area contributed by atoms with Gasteiger partial charge in [0, 0.05) is 11.5 Å². The van der Waals surface area contributed by atoms with Crippen molar-refractivity contribution in [2.75, 3.05) is 6.79 Å². The molecule has 1 aliphatic heterocycles. The van der Waals surface area contributed by atoms with Gasteiger partial charge in [-0.3, -0.25) is 9.59 Å². The van der Waals surface area contributed by atoms with Crippen LogP contribution in [0.4, 0.5) is 0 Å². The predicted octanol–water partition coefficient (Wildman–Crippen LogP) is 0.804. The van der Waals surface area contributed by atoms with Crippen LogP contribution in [0.25, 0.3) is 0 Å². The van der Waals surface area contributed by atoms with Gasteiger partial charge in [-0.25, -0.2) is 4.79 Å². The molecule has 0 amide bonds. The lowest BCUT2D eigenvalue weighted by Crippen LogP contribution is -2.34. The lowest BCUT2D eigenvalue weighted by molar-refractivity contribution is -0.171. The first kappa shape index (κ1) is 13.1. The summed E-state index contributed by atoms with van der Waals surface area (Å²) in [5.74, 6) is -1.90. The number of esters is 3. The summed E-state index contributed by atoms with van der Waals surface area (Å²) in [4.78, 5) is 35.0. The van der Waals surface area contributed by atoms with E-state index in [2.05, 4.69) is 6.58 Å². The fraction of sp³-hybridized carbons (Fsp3) is 0.643. The molecule has 0 aromatic heterocycles. The normalized spacial score (nSPS) is 36.6. The highest BCUT2D eigenvalue weighted by Crippen LogP contribution is 2.57. The van der Waals surface area contributed by atoms with E-state index >= 15 is 0 Å². The molecule has 2 aliphatic carbocycles. The molecular weight excluding hydrogens is 264 g/mol. The van der Waals surface area contributed by atoms with Gasteiger partial charge in [0.05, 0.1) is 11.8 Å². The van der Waals surface area contributed by atoms with Crippen molar-refractivity contribution in [3.63, 3.8) is 0 Å². The highest BCUT2D eigenvalue weighted by molar-refractivity contribution is 5.87. The lowest BCUT2D eigenvalue weighted by Gasteiger charge is -2.22. The van der Waals surface area contributed by atoms with E-state index in [1.54, 1.807) is 0 Å². The van der Waals surface area contributed by atoms with Crippen LogP contribution in [0, 0.1) is 23.7 Å². The molecule has 2 bridgehead atoms. The zero-order valence-electron chi connectivity index (χ0n) is 11.2. The SMILES string of the molecule is C=C(C)C(=O)OCOC(=O)C1C2CC3OC(=O)C1C3C2. The minimum atomic E-state index is -0.605. The lowest BCUT2D eigenvalue weighted by atomic mass is 9.80. The van der Waals surface area contributed by atoms with Crippen molar-refractivity contribution in [1.82, 2.24) is 0 Å². The molecule has 1 heterocycles. The molecular formula is C14H16O6. The van der Waals surface area contributed by atoms with E-state index in [9.17, 15) is 14.4 Å². The summed E-state index contributed by atoms with van der Waals surface area (Å²) in [6.45, 7) is 4.49. The van der Waals surface area contributed by atoms with Gasteiger partial charge in [0.2, 0.25) is 6.79 Å². The van der Waals surface area contributed by atoms with Gasteiger partial charge in [-0.05, 0) is 25.7 Å². The van der Waals surface area contributed by atoms with Crippen molar-refractivity contribution in [2.24, 2.45) is 23.7 Å². The van der Waals surface area contributed by atoms with E-state index in [1.807, 2.05) is 0 Å². The average molecular weight is 280 g/mol. The molecule has 2 saturated carbocycles. The number of fused-ring (bicyclic) bond motifs is 1. The summed E-state index contributed by atoms with van der Waals surface area (Å²) < 4.78 is 14.9. The van der Waals surface area contributed by atoms with Gasteiger partial charge in [-0.1, -0.05) is 6.58 Å². The van der Waals surface area contributed by atoms with Gasteiger partial charge in [0.15, 0.2) is 0 Å². The van der Waals surface area contributed by atoms with E-state index in [4.69, 9.17) is 14.2 Å². The molecule has 3 fully saturated rings. The third kappa shape index (κ3) is 1.90. The minimum absolute atomic E-state index is 0.0113. The molecule has 5 unspecified atom stereocenters. The summed E-state index contributed by atoms with van der Waals surface area (Å²) in [5.41, 5.74) is 0.239. The average Bonchev–Trinajstić information content (AvgIpc) is 2.98. The summed E-state index contributed by atoms with van der Waals surface area (Å²) in [6, 6.07) is 0. The second-order valence-corrected chi connectivity index (χ2v) is 5.72. The van der Waals surface area contributed by atoms with Crippen LogP contribution < -0.4 is 0 Å². The predicted molar refractivity (Wildman–Crippen MR) is 64.9 cm³/mol. The molecule has 20 heavy (non-hydrogen) atoms. The third-order valence-corrected chi connectivity index (χ3v) is 4.50. The Morgan fingerprint density at radius 1 is 1.35 bits per heavy atom. The van der Waals surface area contributed by atoms with Gasteiger partial charge in [-0.15, -0.1) is 0 Å². The van der Waals surface area contributed by atoms with E-state index in [0.717, 1.165) is 12.8 Å². The smallest absolute Gasteiger partial charge is 0.335 e. The fourth-order valence-corrected chi connectivity index (χ4v) is 3.69. The first-order valence-electron chi connectivity index (χ1n) is 6.69. The van der Waals surface area contributed by atoms with Crippen molar-refractivity contribution < 1.29 is 28.6 Å². The highest BCUT2D eigenvalue weighted by Gasteiger charge is 2.64. The van der Waals surface area contributed by atoms with Crippen molar-refractivity contribution in [3.8, 4) is 0 Å². The van der Waals surface area contributed by atoms with Crippen LogP contribution in [0.1, 0.15) is 19.8 Å². The Labute approximate surface area is 116 Å². The Morgan fingerprint density at radius 2 is 2.10 bits per heavy atom. The van der Waals surface area contributed by atoms with Crippen molar-refractivity contribution >= 4 is 17.9 Å². The minimum Gasteiger partial charge on any atom is -0.462 e. The summed E-state index contributed by atoms with van der Waals surface area (Å²) in [6.07, 6.45) is 1.56. The Hall–Kier alpha value is -1.85. The number of carbonyl (C=O) groups is 3. The zero-order chi connectivity index (χ0) is 14.4.